The van der Waals surface area contributed by atoms with Crippen molar-refractivity contribution in [1.82, 2.24) is 14.8 Å². The van der Waals surface area contributed by atoms with Gasteiger partial charge < -0.3 is 14.8 Å². The van der Waals surface area contributed by atoms with Gasteiger partial charge in [-0.1, -0.05) is 6.92 Å². The average Bonchev–Trinajstić information content (AvgIpc) is 2.51. The van der Waals surface area contributed by atoms with Crippen LogP contribution in [-0.2, 0) is 11.2 Å². The van der Waals surface area contributed by atoms with E-state index in [0.717, 1.165) is 0 Å². The van der Waals surface area contributed by atoms with E-state index in [-0.39, 0.29) is 0 Å². The minimum Gasteiger partial charge on any atom is -0.480 e. The lowest BCUT2D eigenvalue weighted by Gasteiger charge is -2.17. The van der Waals surface area contributed by atoms with Gasteiger partial charge in [-0.15, -0.1) is 10.2 Å². The molecule has 0 saturated carbocycles. The summed E-state index contributed by atoms with van der Waals surface area (Å²) in [5, 5.41) is 25.6. The summed E-state index contributed by atoms with van der Waals surface area (Å²) in [6.45, 7) is 3.28. The maximum Gasteiger partial charge on any atom is 0.329 e. The van der Waals surface area contributed by atoms with Gasteiger partial charge in [0.05, 0.1) is 6.10 Å². The summed E-state index contributed by atoms with van der Waals surface area (Å²) in [5.74, 6) is -0.534. The number of nitrogens with zero attached hydrogens (tertiary/aromatic N) is 3. The van der Waals surface area contributed by atoms with Crippen LogP contribution in [-0.4, -0.2) is 37.1 Å². The van der Waals surface area contributed by atoms with Crippen LogP contribution in [0, 0.1) is 0 Å². The molecular weight excluding hydrogens is 186 g/mol. The summed E-state index contributed by atoms with van der Waals surface area (Å²) in [5.41, 5.74) is 0. The van der Waals surface area contributed by atoms with Gasteiger partial charge in [0.15, 0.2) is 6.04 Å². The second kappa shape index (κ2) is 4.19. The SMILES string of the molecule is CCc1nncn1C(C(=O)O)C(C)O. The van der Waals surface area contributed by atoms with Crippen LogP contribution < -0.4 is 0 Å². The fraction of sp³-hybridized carbons (Fsp3) is 0.625. The predicted molar refractivity (Wildman–Crippen MR) is 47.8 cm³/mol. The van der Waals surface area contributed by atoms with Crippen LogP contribution >= 0.6 is 0 Å². The molecule has 1 aromatic rings. The Balaban J connectivity index is 3.04. The van der Waals surface area contributed by atoms with Gasteiger partial charge in [-0.05, 0) is 6.92 Å². The Hall–Kier alpha value is -1.43. The Bertz CT molecular complexity index is 321. The number of aromatic nitrogens is 3. The molecule has 0 saturated heterocycles. The Morgan fingerprint density at radius 3 is 2.79 bits per heavy atom. The number of hydrogen-bond donors (Lipinski definition) is 2. The minimum atomic E-state index is -1.09. The van der Waals surface area contributed by atoms with Gasteiger partial charge in [0.25, 0.3) is 0 Å². The lowest BCUT2D eigenvalue weighted by molar-refractivity contribution is -0.144. The van der Waals surface area contributed by atoms with Crippen molar-refractivity contribution in [3.05, 3.63) is 12.2 Å². The number of aryl methyl sites for hydroxylation is 1. The van der Waals surface area contributed by atoms with E-state index >= 15 is 0 Å². The van der Waals surface area contributed by atoms with Crippen LogP contribution in [0.15, 0.2) is 6.33 Å². The number of carboxylic acids is 1. The Morgan fingerprint density at radius 2 is 2.36 bits per heavy atom. The quantitative estimate of drug-likeness (QED) is 0.703. The topological polar surface area (TPSA) is 88.2 Å². The molecule has 2 N–H and O–H groups in total. The van der Waals surface area contributed by atoms with E-state index in [2.05, 4.69) is 10.2 Å². The van der Waals surface area contributed by atoms with E-state index in [0.29, 0.717) is 12.2 Å². The van der Waals surface area contributed by atoms with Crippen molar-refractivity contribution in [3.63, 3.8) is 0 Å². The molecule has 0 aliphatic heterocycles. The first-order valence-electron chi connectivity index (χ1n) is 4.37. The average molecular weight is 199 g/mol. The van der Waals surface area contributed by atoms with Gasteiger partial charge in [-0.3, -0.25) is 0 Å². The van der Waals surface area contributed by atoms with Gasteiger partial charge >= 0.3 is 5.97 Å². The number of carbonyl (C=O) groups is 1. The molecule has 0 amide bonds. The first-order valence-corrected chi connectivity index (χ1v) is 4.37. The third-order valence-corrected chi connectivity index (χ3v) is 1.97. The van der Waals surface area contributed by atoms with Gasteiger partial charge in [-0.2, -0.15) is 0 Å². The second-order valence-corrected chi connectivity index (χ2v) is 3.03. The maximum absolute atomic E-state index is 10.9. The maximum atomic E-state index is 10.9. The molecule has 6 heteroatoms. The molecule has 78 valence electrons. The van der Waals surface area contributed by atoms with Crippen LogP contribution in [0.25, 0.3) is 0 Å². The zero-order valence-electron chi connectivity index (χ0n) is 8.08. The molecule has 0 radical (unpaired) electrons. The lowest BCUT2D eigenvalue weighted by Crippen LogP contribution is -2.29. The van der Waals surface area contributed by atoms with E-state index in [1.807, 2.05) is 6.92 Å². The summed E-state index contributed by atoms with van der Waals surface area (Å²) in [4.78, 5) is 10.9. The smallest absolute Gasteiger partial charge is 0.329 e. The van der Waals surface area contributed by atoms with Crippen molar-refractivity contribution < 1.29 is 15.0 Å². The molecule has 0 fully saturated rings. The molecule has 6 nitrogen and oxygen atoms in total. The van der Waals surface area contributed by atoms with Crippen molar-refractivity contribution in [2.24, 2.45) is 0 Å². The van der Waals surface area contributed by atoms with Gasteiger partial charge in [0, 0.05) is 6.42 Å². The van der Waals surface area contributed by atoms with Crippen LogP contribution in [0.2, 0.25) is 0 Å². The van der Waals surface area contributed by atoms with Crippen LogP contribution in [0.3, 0.4) is 0 Å². The highest BCUT2D eigenvalue weighted by Crippen LogP contribution is 2.13. The summed E-state index contributed by atoms with van der Waals surface area (Å²) >= 11 is 0. The fourth-order valence-corrected chi connectivity index (χ4v) is 1.31. The molecule has 0 spiro atoms. The van der Waals surface area contributed by atoms with Gasteiger partial charge in [-0.25, -0.2) is 4.79 Å². The largest absolute Gasteiger partial charge is 0.480 e. The highest BCUT2D eigenvalue weighted by molar-refractivity contribution is 5.72. The van der Waals surface area contributed by atoms with E-state index in [4.69, 9.17) is 5.11 Å². The minimum absolute atomic E-state index is 0.554. The monoisotopic (exact) mass is 199 g/mol. The summed E-state index contributed by atoms with van der Waals surface area (Å²) < 4.78 is 1.38. The predicted octanol–water partition coefficient (Wildman–Crippen LogP) is -0.153. The number of aliphatic hydroxyl groups is 1. The highest BCUT2D eigenvalue weighted by Gasteiger charge is 2.26. The molecule has 0 aliphatic rings. The van der Waals surface area contributed by atoms with Crippen LogP contribution in [0.1, 0.15) is 25.7 Å². The molecule has 1 heterocycles. The van der Waals surface area contributed by atoms with Crippen molar-refractivity contribution in [1.29, 1.82) is 0 Å². The Morgan fingerprint density at radius 1 is 1.71 bits per heavy atom. The van der Waals surface area contributed by atoms with Crippen molar-refractivity contribution in [2.45, 2.75) is 32.4 Å². The van der Waals surface area contributed by atoms with Gasteiger partial charge in [0.1, 0.15) is 12.2 Å². The summed E-state index contributed by atoms with van der Waals surface area (Å²) in [6, 6.07) is -1.01. The Kier molecular flexibility index (Phi) is 3.19. The standard InChI is InChI=1S/C8H13N3O3/c1-3-6-10-9-4-11(6)7(5(2)12)8(13)14/h4-5,7,12H,3H2,1-2H3,(H,13,14). The van der Waals surface area contributed by atoms with E-state index in [1.165, 1.54) is 17.8 Å². The zero-order valence-corrected chi connectivity index (χ0v) is 8.08. The molecule has 2 unspecified atom stereocenters. The van der Waals surface area contributed by atoms with E-state index in [9.17, 15) is 9.90 Å². The third-order valence-electron chi connectivity index (χ3n) is 1.97. The summed E-state index contributed by atoms with van der Waals surface area (Å²) in [6.07, 6.45) is 0.926. The molecule has 0 aromatic carbocycles. The fourth-order valence-electron chi connectivity index (χ4n) is 1.31. The number of aliphatic carboxylic acids is 1. The van der Waals surface area contributed by atoms with E-state index < -0.39 is 18.1 Å². The number of hydrogen-bond acceptors (Lipinski definition) is 4. The number of carboxylic acid groups (broad SMARTS) is 1. The number of aliphatic hydroxyl groups excluding tert-OH is 1. The zero-order chi connectivity index (χ0) is 10.7. The molecular formula is C8H13N3O3. The molecule has 14 heavy (non-hydrogen) atoms. The molecule has 1 aromatic heterocycles. The molecule has 2 atom stereocenters. The molecule has 1 rings (SSSR count). The molecule has 0 aliphatic carbocycles. The summed E-state index contributed by atoms with van der Waals surface area (Å²) in [7, 11) is 0. The second-order valence-electron chi connectivity index (χ2n) is 3.03. The Labute approximate surface area is 81.2 Å². The molecule has 0 bridgehead atoms. The van der Waals surface area contributed by atoms with E-state index in [1.54, 1.807) is 0 Å². The van der Waals surface area contributed by atoms with Crippen molar-refractivity contribution >= 4 is 5.97 Å². The van der Waals surface area contributed by atoms with Crippen molar-refractivity contribution in [3.8, 4) is 0 Å². The van der Waals surface area contributed by atoms with Crippen molar-refractivity contribution in [2.75, 3.05) is 0 Å². The lowest BCUT2D eigenvalue weighted by atomic mass is 10.2. The van der Waals surface area contributed by atoms with Crippen LogP contribution in [0.4, 0.5) is 0 Å². The number of rotatable bonds is 4. The van der Waals surface area contributed by atoms with Gasteiger partial charge in [0.2, 0.25) is 0 Å². The van der Waals surface area contributed by atoms with Crippen LogP contribution in [0.5, 0.6) is 0 Å². The first-order chi connectivity index (χ1) is 6.57. The third kappa shape index (κ3) is 1.90. The normalized spacial score (nSPS) is 15.1. The first kappa shape index (κ1) is 10.6. The highest BCUT2D eigenvalue weighted by atomic mass is 16.4.